The lowest BCUT2D eigenvalue weighted by molar-refractivity contribution is 0.386. The second-order valence-electron chi connectivity index (χ2n) is 8.66. The van der Waals surface area contributed by atoms with E-state index in [2.05, 4.69) is 68.2 Å². The van der Waals surface area contributed by atoms with Crippen molar-refractivity contribution in [2.45, 2.75) is 40.7 Å². The summed E-state index contributed by atoms with van der Waals surface area (Å²) < 4.78 is 5.79. The van der Waals surface area contributed by atoms with Crippen molar-refractivity contribution in [2.24, 2.45) is 5.92 Å². The van der Waals surface area contributed by atoms with Gasteiger partial charge in [-0.3, -0.25) is 0 Å². The Labute approximate surface area is 199 Å². The molecule has 1 N–H and O–H groups in total. The number of benzene rings is 2. The lowest BCUT2D eigenvalue weighted by atomic mass is 9.92. The molecule has 1 aliphatic heterocycles. The number of thiocarbonyl (C=S) groups is 1. The summed E-state index contributed by atoms with van der Waals surface area (Å²) in [7, 11) is 0. The molecule has 0 bridgehead atoms. The van der Waals surface area contributed by atoms with Gasteiger partial charge in [-0.15, -0.1) is 0 Å². The average molecular weight is 467 g/mol. The van der Waals surface area contributed by atoms with Gasteiger partial charge in [0.15, 0.2) is 5.11 Å². The largest absolute Gasteiger partial charge is 0.351 e. The molecule has 0 spiro atoms. The maximum Gasteiger partial charge on any atom is 0.258 e. The first-order chi connectivity index (χ1) is 15.2. The van der Waals surface area contributed by atoms with Crippen LogP contribution in [0, 0.1) is 19.8 Å². The van der Waals surface area contributed by atoms with Crippen molar-refractivity contribution in [3.05, 3.63) is 75.8 Å². The maximum absolute atomic E-state index is 6.03. The number of nitrogens with one attached hydrogen (secondary N) is 1. The minimum absolute atomic E-state index is 0.177. The number of hydrogen-bond donors (Lipinski definition) is 1. The highest BCUT2D eigenvalue weighted by Gasteiger charge is 2.34. The first-order valence-electron chi connectivity index (χ1n) is 10.7. The van der Waals surface area contributed by atoms with Gasteiger partial charge in [-0.05, 0) is 79.9 Å². The summed E-state index contributed by atoms with van der Waals surface area (Å²) in [6.45, 7) is 11.5. The van der Waals surface area contributed by atoms with Crippen LogP contribution in [0.1, 0.15) is 49.4 Å². The van der Waals surface area contributed by atoms with Gasteiger partial charge in [0.05, 0.1) is 11.6 Å². The summed E-state index contributed by atoms with van der Waals surface area (Å²) in [6, 6.07) is 13.7. The minimum Gasteiger partial charge on any atom is -0.351 e. The zero-order valence-corrected chi connectivity index (χ0v) is 20.5. The molecule has 1 atom stereocenters. The summed E-state index contributed by atoms with van der Waals surface area (Å²) in [5.74, 6) is 1.45. The van der Waals surface area contributed by atoms with E-state index in [1.165, 1.54) is 11.1 Å². The molecule has 1 unspecified atom stereocenters. The van der Waals surface area contributed by atoms with Gasteiger partial charge in [0.25, 0.3) is 5.89 Å². The lowest BCUT2D eigenvalue weighted by Crippen LogP contribution is -2.47. The zero-order chi connectivity index (χ0) is 23.0. The molecule has 32 heavy (non-hydrogen) atoms. The highest BCUT2D eigenvalue weighted by atomic mass is 35.5. The molecule has 1 aromatic heterocycles. The van der Waals surface area contributed by atoms with Crippen molar-refractivity contribution in [1.29, 1.82) is 0 Å². The Morgan fingerprint density at radius 3 is 2.47 bits per heavy atom. The Morgan fingerprint density at radius 1 is 1.09 bits per heavy atom. The van der Waals surface area contributed by atoms with Gasteiger partial charge in [0.2, 0.25) is 5.82 Å². The van der Waals surface area contributed by atoms with E-state index in [-0.39, 0.29) is 6.04 Å². The third-order valence-corrected chi connectivity index (χ3v) is 6.36. The Kier molecular flexibility index (Phi) is 6.35. The molecule has 0 saturated carbocycles. The van der Waals surface area contributed by atoms with E-state index in [0.29, 0.717) is 27.8 Å². The molecular formula is C25H27ClN4OS. The minimum atomic E-state index is -0.177. The Hall–Kier alpha value is -2.70. The van der Waals surface area contributed by atoms with E-state index in [0.717, 1.165) is 28.9 Å². The number of rotatable bonds is 5. The van der Waals surface area contributed by atoms with Crippen LogP contribution in [0.2, 0.25) is 5.02 Å². The normalized spacial score (nSPS) is 16.7. The summed E-state index contributed by atoms with van der Waals surface area (Å²) in [6.07, 6.45) is 0. The molecule has 2 aromatic carbocycles. The highest BCUT2D eigenvalue weighted by Crippen LogP contribution is 2.38. The van der Waals surface area contributed by atoms with Crippen LogP contribution in [-0.4, -0.2) is 26.7 Å². The van der Waals surface area contributed by atoms with Crippen molar-refractivity contribution in [2.75, 3.05) is 6.54 Å². The molecule has 5 nitrogen and oxygen atoms in total. The van der Waals surface area contributed by atoms with E-state index >= 15 is 0 Å². The van der Waals surface area contributed by atoms with E-state index in [9.17, 15) is 0 Å². The van der Waals surface area contributed by atoms with Crippen LogP contribution in [0.4, 0.5) is 0 Å². The molecule has 0 radical (unpaired) electrons. The van der Waals surface area contributed by atoms with Crippen LogP contribution in [0.25, 0.3) is 17.0 Å². The number of halogens is 1. The van der Waals surface area contributed by atoms with Crippen LogP contribution in [-0.2, 0) is 0 Å². The topological polar surface area (TPSA) is 54.2 Å². The number of aryl methyl sites for hydroxylation is 2. The maximum atomic E-state index is 6.03. The van der Waals surface area contributed by atoms with Crippen molar-refractivity contribution in [3.63, 3.8) is 0 Å². The molecule has 0 fully saturated rings. The van der Waals surface area contributed by atoms with Crippen LogP contribution in [0.15, 0.2) is 52.7 Å². The fourth-order valence-electron chi connectivity index (χ4n) is 3.89. The number of allylic oxidation sites excluding steroid dienone is 1. The molecular weight excluding hydrogens is 440 g/mol. The molecule has 1 aliphatic rings. The van der Waals surface area contributed by atoms with E-state index in [1.54, 1.807) is 0 Å². The van der Waals surface area contributed by atoms with Gasteiger partial charge < -0.3 is 14.7 Å². The number of aromatic nitrogens is 2. The van der Waals surface area contributed by atoms with Crippen LogP contribution in [0.5, 0.6) is 0 Å². The van der Waals surface area contributed by atoms with Crippen molar-refractivity contribution < 1.29 is 4.52 Å². The molecule has 0 saturated heterocycles. The Bertz CT molecular complexity index is 1180. The molecule has 0 amide bonds. The highest BCUT2D eigenvalue weighted by molar-refractivity contribution is 7.80. The van der Waals surface area contributed by atoms with Crippen LogP contribution < -0.4 is 5.32 Å². The van der Waals surface area contributed by atoms with Crippen LogP contribution in [0.3, 0.4) is 0 Å². The van der Waals surface area contributed by atoms with Gasteiger partial charge in [-0.1, -0.05) is 48.8 Å². The predicted octanol–water partition coefficient (Wildman–Crippen LogP) is 6.33. The smallest absolute Gasteiger partial charge is 0.258 e. The number of hydrogen-bond acceptors (Lipinski definition) is 4. The van der Waals surface area contributed by atoms with Gasteiger partial charge in [-0.2, -0.15) is 4.98 Å². The molecule has 2 heterocycles. The number of nitrogens with zero attached hydrogens (tertiary/aromatic N) is 3. The van der Waals surface area contributed by atoms with Crippen LogP contribution >= 0.6 is 23.8 Å². The summed E-state index contributed by atoms with van der Waals surface area (Å²) >= 11 is 11.8. The SMILES string of the molecule is CC1=C(c2nc(-c3ccc(Cl)cc3)no2)C(c2ccc(C)c(C)c2)NC(=S)N1CC(C)C. The molecule has 0 aliphatic carbocycles. The first kappa shape index (κ1) is 22.5. The van der Waals surface area contributed by atoms with E-state index in [1.807, 2.05) is 24.3 Å². The van der Waals surface area contributed by atoms with Crippen molar-refractivity contribution in [1.82, 2.24) is 20.4 Å². The zero-order valence-electron chi connectivity index (χ0n) is 18.9. The van der Waals surface area contributed by atoms with Crippen molar-refractivity contribution >= 4 is 34.5 Å². The lowest BCUT2D eigenvalue weighted by Gasteiger charge is -2.38. The predicted molar refractivity (Wildman–Crippen MR) is 133 cm³/mol. The summed E-state index contributed by atoms with van der Waals surface area (Å²) in [4.78, 5) is 6.87. The van der Waals surface area contributed by atoms with Crippen molar-refractivity contribution in [3.8, 4) is 11.4 Å². The second kappa shape index (κ2) is 9.04. The summed E-state index contributed by atoms with van der Waals surface area (Å²) in [5.41, 5.74) is 6.40. The Morgan fingerprint density at radius 2 is 1.81 bits per heavy atom. The molecule has 3 aromatic rings. The standard InChI is InChI=1S/C25H27ClN4OS/c1-14(2)13-30-17(5)21(22(27-25(30)32)19-7-6-15(3)16(4)12-19)24-28-23(29-31-24)18-8-10-20(26)11-9-18/h6-12,14,22H,13H2,1-5H3,(H,27,32). The monoisotopic (exact) mass is 466 g/mol. The Balaban J connectivity index is 1.82. The van der Waals surface area contributed by atoms with Gasteiger partial charge in [0, 0.05) is 22.8 Å². The van der Waals surface area contributed by atoms with E-state index < -0.39 is 0 Å². The fourth-order valence-corrected chi connectivity index (χ4v) is 4.34. The molecule has 7 heteroatoms. The summed E-state index contributed by atoms with van der Waals surface area (Å²) in [5, 5.41) is 9.15. The second-order valence-corrected chi connectivity index (χ2v) is 9.48. The first-order valence-corrected chi connectivity index (χ1v) is 11.5. The molecule has 4 rings (SSSR count). The third-order valence-electron chi connectivity index (χ3n) is 5.77. The molecule has 166 valence electrons. The third kappa shape index (κ3) is 4.43. The van der Waals surface area contributed by atoms with Gasteiger partial charge in [-0.25, -0.2) is 0 Å². The van der Waals surface area contributed by atoms with Gasteiger partial charge >= 0.3 is 0 Å². The quantitative estimate of drug-likeness (QED) is 0.443. The van der Waals surface area contributed by atoms with E-state index in [4.69, 9.17) is 33.3 Å². The van der Waals surface area contributed by atoms with Gasteiger partial charge in [0.1, 0.15) is 0 Å². The average Bonchev–Trinajstić information content (AvgIpc) is 3.22. The fraction of sp³-hybridized carbons (Fsp3) is 0.320.